The van der Waals surface area contributed by atoms with Crippen LogP contribution in [0.25, 0.3) is 21.7 Å². The van der Waals surface area contributed by atoms with Crippen molar-refractivity contribution in [1.29, 1.82) is 0 Å². The zero-order valence-corrected chi connectivity index (χ0v) is 42.4. The molecule has 3 aliphatic heterocycles. The third-order valence-corrected chi connectivity index (χ3v) is 16.3. The lowest BCUT2D eigenvalue weighted by atomic mass is 9.33. The van der Waals surface area contributed by atoms with Crippen molar-refractivity contribution in [3.05, 3.63) is 83.7 Å². The first kappa shape index (κ1) is 50.2. The number of aromatic amines is 1. The second-order valence-electron chi connectivity index (χ2n) is 20.3. The van der Waals surface area contributed by atoms with E-state index in [0.717, 1.165) is 49.1 Å². The summed E-state index contributed by atoms with van der Waals surface area (Å²) < 4.78 is 17.3. The number of nitrogens with zero attached hydrogens (tertiary/aromatic N) is 3. The first-order chi connectivity index (χ1) is 33.7. The fourth-order valence-corrected chi connectivity index (χ4v) is 12.5. The van der Waals surface area contributed by atoms with Gasteiger partial charge in [-0.15, -0.1) is 23.2 Å². The molecule has 20 heteroatoms. The number of nitrogens with one attached hydrogen (secondary N) is 4. The molecule has 17 nitrogen and oxygen atoms in total. The number of unbranched alkanes of at least 4 members (excludes halogenated alkanes) is 2. The third kappa shape index (κ3) is 9.02. The maximum atomic E-state index is 14.9. The van der Waals surface area contributed by atoms with Crippen LogP contribution in [0.5, 0.6) is 5.75 Å². The van der Waals surface area contributed by atoms with Gasteiger partial charge in [-0.05, 0) is 80.0 Å². The van der Waals surface area contributed by atoms with Crippen molar-refractivity contribution >= 4 is 105 Å². The number of anilines is 3. The first-order valence-corrected chi connectivity index (χ1v) is 26.6. The number of halogens is 2. The lowest BCUT2D eigenvalue weighted by molar-refractivity contribution is -0.189. The Balaban J connectivity index is 0.872. The molecule has 4 aromatic rings. The van der Waals surface area contributed by atoms with Crippen molar-refractivity contribution in [2.75, 3.05) is 46.5 Å². The van der Waals surface area contributed by atoms with Crippen LogP contribution in [0.4, 0.5) is 17.1 Å². The molecular formula is C51H58Cl2N7O10P. The van der Waals surface area contributed by atoms with Gasteiger partial charge in [0.1, 0.15) is 12.1 Å². The highest BCUT2D eigenvalue weighted by molar-refractivity contribution is 7.46. The molecule has 6 aliphatic rings. The summed E-state index contributed by atoms with van der Waals surface area (Å²) in [5.74, 6) is -2.07. The fraction of sp³-hybridized carbons (Fsp3) is 0.451. The monoisotopic (exact) mass is 1030 g/mol. The lowest BCUT2D eigenvalue weighted by Crippen LogP contribution is -2.70. The number of amides is 6. The minimum Gasteiger partial charge on any atom is -0.402 e. The van der Waals surface area contributed by atoms with Gasteiger partial charge in [0, 0.05) is 107 Å². The minimum absolute atomic E-state index is 0.0234. The Morgan fingerprint density at radius 1 is 0.873 bits per heavy atom. The molecule has 3 saturated carbocycles. The summed E-state index contributed by atoms with van der Waals surface area (Å²) in [4.78, 5) is 107. The Kier molecular flexibility index (Phi) is 13.5. The van der Waals surface area contributed by atoms with Crippen LogP contribution in [-0.2, 0) is 33.3 Å². The van der Waals surface area contributed by atoms with Gasteiger partial charge in [0.15, 0.2) is 5.75 Å². The van der Waals surface area contributed by atoms with Crippen molar-refractivity contribution < 1.29 is 47.6 Å². The second-order valence-corrected chi connectivity index (χ2v) is 22.0. The normalized spacial score (nSPS) is 22.9. The summed E-state index contributed by atoms with van der Waals surface area (Å²) in [7, 11) is -4.90. The number of fused-ring (bicyclic) bond motifs is 6. The minimum atomic E-state index is -4.90. The molecule has 376 valence electrons. The summed E-state index contributed by atoms with van der Waals surface area (Å²) in [6.45, 7) is 12.8. The van der Waals surface area contributed by atoms with Gasteiger partial charge in [0.25, 0.3) is 11.8 Å². The highest BCUT2D eigenvalue weighted by Crippen LogP contribution is 2.77. The molecule has 0 spiro atoms. The SMILES string of the molecule is C=C(N1C[C@@H](CCl)c2c1cc(OP(=O)(O)O)c1[nH]cc(C)c21)C12CC(C(=O)N3C[C@@H](CCl)c4c3cc(NC(=O)[C@H](C)NC(=O)[C@@H](NC(=O)CCCCCN3C(=O)C=CC3=O)C(C)C)c3ccccc43)(C1)C2. The van der Waals surface area contributed by atoms with E-state index in [2.05, 4.69) is 32.4 Å². The Labute approximate surface area is 420 Å². The molecule has 10 rings (SSSR count). The molecule has 3 fully saturated rings. The van der Waals surface area contributed by atoms with E-state index in [9.17, 15) is 43.1 Å². The van der Waals surface area contributed by atoms with Crippen molar-refractivity contribution in [3.63, 3.8) is 0 Å². The quantitative estimate of drug-likeness (QED) is 0.0235. The lowest BCUT2D eigenvalue weighted by Gasteiger charge is -2.71. The van der Waals surface area contributed by atoms with E-state index in [1.165, 1.54) is 12.2 Å². The summed E-state index contributed by atoms with van der Waals surface area (Å²) in [6.07, 6.45) is 7.69. The summed E-state index contributed by atoms with van der Waals surface area (Å²) in [5.41, 5.74) is 4.84. The average Bonchev–Trinajstić information content (AvgIpc) is 4.06. The molecule has 6 amide bonds. The molecule has 1 aromatic heterocycles. The summed E-state index contributed by atoms with van der Waals surface area (Å²) >= 11 is 13.2. The van der Waals surface area contributed by atoms with E-state index in [1.54, 1.807) is 37.9 Å². The number of H-pyrrole nitrogens is 1. The predicted octanol–water partition coefficient (Wildman–Crippen LogP) is 7.37. The zero-order chi connectivity index (χ0) is 50.9. The molecule has 71 heavy (non-hydrogen) atoms. The van der Waals surface area contributed by atoms with Crippen LogP contribution in [0.2, 0.25) is 0 Å². The van der Waals surface area contributed by atoms with Gasteiger partial charge in [-0.2, -0.15) is 0 Å². The number of aromatic nitrogens is 1. The van der Waals surface area contributed by atoms with Crippen LogP contribution in [0, 0.1) is 23.7 Å². The van der Waals surface area contributed by atoms with E-state index in [1.807, 2.05) is 37.3 Å². The van der Waals surface area contributed by atoms with E-state index in [4.69, 9.17) is 27.7 Å². The van der Waals surface area contributed by atoms with Gasteiger partial charge in [0.05, 0.1) is 16.6 Å². The zero-order valence-electron chi connectivity index (χ0n) is 40.0. The van der Waals surface area contributed by atoms with Crippen molar-refractivity contribution in [3.8, 4) is 5.75 Å². The number of rotatable bonds is 19. The standard InChI is InChI=1S/C51H58Cl2N7O10P/c1-27(2)45(57-39(61)13-7-6-10-16-58-40(62)14-15-41(58)63)48(65)55-29(4)47(64)56-35-17-36-43(34-12-9-8-11-33(34)35)31(19-52)23-60(36)49(66)51-24-50(25-51,26-51)30(5)59-22-32(20-53)44-37(59)18-38(70-71(67,68)69)46-42(44)28(3)21-54-46/h8-9,11-12,14-15,17-18,21,27,29,31-32,45,54H,5-7,10,13,16,19-20,22-26H2,1-4H3,(H,55,65)(H,56,64)(H,57,61)(H2,67,68,69)/t29-,31+,32+,45-,50?,51?/m0/s1. The fourth-order valence-electron chi connectivity index (χ4n) is 11.6. The Hall–Kier alpha value is -5.71. The maximum Gasteiger partial charge on any atom is 0.524 e. The Bertz CT molecular complexity index is 2970. The van der Waals surface area contributed by atoms with Crippen molar-refractivity contribution in [2.24, 2.45) is 16.7 Å². The smallest absolute Gasteiger partial charge is 0.402 e. The van der Waals surface area contributed by atoms with E-state index < -0.39 is 37.1 Å². The van der Waals surface area contributed by atoms with E-state index in [-0.39, 0.29) is 71.4 Å². The highest BCUT2D eigenvalue weighted by atomic mass is 35.5. The first-order valence-electron chi connectivity index (χ1n) is 24.0. The van der Waals surface area contributed by atoms with Gasteiger partial charge in [-0.1, -0.05) is 51.1 Å². The van der Waals surface area contributed by atoms with Gasteiger partial charge in [0.2, 0.25) is 23.6 Å². The molecule has 6 N–H and O–H groups in total. The van der Waals surface area contributed by atoms with Crippen LogP contribution < -0.4 is 30.3 Å². The molecule has 0 radical (unpaired) electrons. The predicted molar refractivity (Wildman–Crippen MR) is 271 cm³/mol. The second kappa shape index (κ2) is 19.0. The number of aryl methyl sites for hydroxylation is 1. The number of alkyl halides is 2. The highest BCUT2D eigenvalue weighted by Gasteiger charge is 2.74. The molecule has 3 aromatic carbocycles. The third-order valence-electron chi connectivity index (χ3n) is 15.1. The van der Waals surface area contributed by atoms with Crippen LogP contribution in [0.15, 0.2) is 67.0 Å². The number of carbonyl (C=O) groups excluding carboxylic acids is 6. The number of hydrogen-bond acceptors (Lipinski definition) is 9. The van der Waals surface area contributed by atoms with Gasteiger partial charge >= 0.3 is 7.82 Å². The van der Waals surface area contributed by atoms with Crippen molar-refractivity contribution in [1.82, 2.24) is 20.5 Å². The molecular weight excluding hydrogens is 972 g/mol. The summed E-state index contributed by atoms with van der Waals surface area (Å²) in [6, 6.07) is 9.13. The largest absolute Gasteiger partial charge is 0.524 e. The number of benzene rings is 3. The Morgan fingerprint density at radius 3 is 2.15 bits per heavy atom. The van der Waals surface area contributed by atoms with Crippen LogP contribution in [0.3, 0.4) is 0 Å². The molecule has 0 saturated heterocycles. The van der Waals surface area contributed by atoms with Gasteiger partial charge < -0.3 is 35.3 Å². The Morgan fingerprint density at radius 2 is 1.51 bits per heavy atom. The summed E-state index contributed by atoms with van der Waals surface area (Å²) in [5, 5.41) is 11.0. The number of hydrogen-bond donors (Lipinski definition) is 6. The number of phosphoric ester groups is 1. The topological polar surface area (TPSA) is 231 Å². The van der Waals surface area contributed by atoms with E-state index >= 15 is 0 Å². The van der Waals surface area contributed by atoms with Gasteiger partial charge in [-0.3, -0.25) is 43.5 Å². The molecule has 2 bridgehead atoms. The average molecular weight is 1030 g/mol. The molecule has 4 heterocycles. The van der Waals surface area contributed by atoms with Crippen LogP contribution >= 0.6 is 31.0 Å². The van der Waals surface area contributed by atoms with Crippen LogP contribution in [0.1, 0.15) is 94.2 Å². The van der Waals surface area contributed by atoms with E-state index in [0.29, 0.717) is 74.4 Å². The molecule has 3 aliphatic carbocycles. The van der Waals surface area contributed by atoms with Gasteiger partial charge in [-0.25, -0.2) is 4.57 Å². The maximum absolute atomic E-state index is 14.9. The molecule has 4 atom stereocenters. The molecule has 0 unspecified atom stereocenters. The number of allylic oxidation sites excluding steroid dienone is 1. The number of carbonyl (C=O) groups is 6. The number of imide groups is 1. The number of phosphoric acid groups is 1. The van der Waals surface area contributed by atoms with Crippen LogP contribution in [-0.4, -0.2) is 98.6 Å². The van der Waals surface area contributed by atoms with Crippen molar-refractivity contribution in [2.45, 2.75) is 96.6 Å².